The second kappa shape index (κ2) is 44.9. The largest absolute Gasteiger partial charge is 0.472 e. The average molecular weight is 901 g/mol. The van der Waals surface area contributed by atoms with Gasteiger partial charge in [0.1, 0.15) is 19.8 Å². The molecule has 0 fully saturated rings. The number of ether oxygens (including phenoxy) is 2. The fourth-order valence-electron chi connectivity index (χ4n) is 7.66. The van der Waals surface area contributed by atoms with Crippen molar-refractivity contribution in [3.8, 4) is 0 Å². The van der Waals surface area contributed by atoms with Crippen LogP contribution in [0.3, 0.4) is 0 Å². The van der Waals surface area contributed by atoms with Crippen molar-refractivity contribution < 1.29 is 42.1 Å². The number of allylic oxidation sites excluding steroid dienone is 2. The highest BCUT2D eigenvalue weighted by Gasteiger charge is 2.27. The summed E-state index contributed by atoms with van der Waals surface area (Å²) < 4.78 is 34.4. The lowest BCUT2D eigenvalue weighted by molar-refractivity contribution is -0.870. The smallest absolute Gasteiger partial charge is 0.462 e. The third-order valence-electron chi connectivity index (χ3n) is 11.8. The third-order valence-corrected chi connectivity index (χ3v) is 12.8. The number of quaternary nitrogens is 1. The number of phosphoric ester groups is 1. The van der Waals surface area contributed by atoms with Crippen LogP contribution < -0.4 is 0 Å². The molecule has 0 heterocycles. The van der Waals surface area contributed by atoms with Crippen molar-refractivity contribution in [3.63, 3.8) is 0 Å². The summed E-state index contributed by atoms with van der Waals surface area (Å²) in [6.07, 6.45) is 49.9. The number of carbonyl (C=O) groups is 2. The Morgan fingerprint density at radius 3 is 1.21 bits per heavy atom. The quantitative estimate of drug-likeness (QED) is 0.0211. The van der Waals surface area contributed by atoms with E-state index >= 15 is 0 Å². The number of likely N-dealkylation sites (N-methyl/N-ethyl adjacent to an activating group) is 1. The van der Waals surface area contributed by atoms with Gasteiger partial charge in [-0.3, -0.25) is 18.6 Å². The highest BCUT2D eigenvalue weighted by molar-refractivity contribution is 7.47. The summed E-state index contributed by atoms with van der Waals surface area (Å²) in [4.78, 5) is 35.5. The van der Waals surface area contributed by atoms with E-state index < -0.39 is 26.5 Å². The number of hydrogen-bond acceptors (Lipinski definition) is 7. The Kier molecular flexibility index (Phi) is 44.0. The van der Waals surface area contributed by atoms with Gasteiger partial charge in [-0.25, -0.2) is 4.57 Å². The summed E-state index contributed by atoms with van der Waals surface area (Å²) >= 11 is 0. The Labute approximate surface area is 384 Å². The predicted octanol–water partition coefficient (Wildman–Crippen LogP) is 15.7. The first-order chi connectivity index (χ1) is 30.0. The molecule has 0 bridgehead atoms. The second-order valence-electron chi connectivity index (χ2n) is 19.3. The van der Waals surface area contributed by atoms with E-state index in [1.165, 1.54) is 180 Å². The third kappa shape index (κ3) is 48.2. The van der Waals surface area contributed by atoms with Gasteiger partial charge >= 0.3 is 19.8 Å². The maximum absolute atomic E-state index is 12.7. The molecule has 0 saturated heterocycles. The topological polar surface area (TPSA) is 108 Å². The van der Waals surface area contributed by atoms with E-state index in [0.29, 0.717) is 23.9 Å². The lowest BCUT2D eigenvalue weighted by Crippen LogP contribution is -2.37. The maximum Gasteiger partial charge on any atom is 0.472 e. The van der Waals surface area contributed by atoms with Crippen LogP contribution in [-0.4, -0.2) is 74.9 Å². The van der Waals surface area contributed by atoms with E-state index in [9.17, 15) is 19.0 Å². The van der Waals surface area contributed by atoms with Crippen molar-refractivity contribution in [2.45, 2.75) is 264 Å². The summed E-state index contributed by atoms with van der Waals surface area (Å²) in [6.45, 7) is 4.45. The van der Waals surface area contributed by atoms with Gasteiger partial charge in [-0.2, -0.15) is 0 Å². The van der Waals surface area contributed by atoms with Crippen LogP contribution >= 0.6 is 7.82 Å². The second-order valence-corrected chi connectivity index (χ2v) is 20.7. The molecule has 0 aliphatic rings. The first-order valence-electron chi connectivity index (χ1n) is 26.4. The fourth-order valence-corrected chi connectivity index (χ4v) is 8.40. The SMILES string of the molecule is CCCCCCCCCC/C=C/CCCCCC(=O)O[C@@H](COC(=O)CCCCCCCCCCCCCCCCCCCCCCCCC)COP(=O)(O)OCC[N+](C)(C)C. The average Bonchev–Trinajstić information content (AvgIpc) is 3.23. The van der Waals surface area contributed by atoms with Crippen molar-refractivity contribution >= 4 is 19.8 Å². The Morgan fingerprint density at radius 2 is 0.823 bits per heavy atom. The van der Waals surface area contributed by atoms with Gasteiger partial charge in [-0.15, -0.1) is 0 Å². The summed E-state index contributed by atoms with van der Waals surface area (Å²) in [7, 11) is 1.48. The van der Waals surface area contributed by atoms with Gasteiger partial charge < -0.3 is 18.9 Å². The van der Waals surface area contributed by atoms with Crippen molar-refractivity contribution in [1.82, 2.24) is 0 Å². The molecular weight excluding hydrogens is 798 g/mol. The Hall–Kier alpha value is -1.25. The molecule has 0 aromatic carbocycles. The van der Waals surface area contributed by atoms with Crippen molar-refractivity contribution in [3.05, 3.63) is 12.2 Å². The van der Waals surface area contributed by atoms with Crippen molar-refractivity contribution in [1.29, 1.82) is 0 Å². The standard InChI is InChI=1S/C52H102NO8P/c1-6-8-10-12-14-16-18-20-22-23-24-25-26-27-28-29-31-32-34-36-38-40-42-44-51(54)58-48-50(49-60-62(56,57)59-47-46-53(3,4)5)61-52(55)45-43-41-39-37-35-33-30-21-19-17-15-13-11-9-7-2/h33,35,50H,6-32,34,36-49H2,1-5H3/p+1/b35-33+/t50-/m0/s1. The molecule has 0 rings (SSSR count). The number of hydrogen-bond donors (Lipinski definition) is 1. The summed E-state index contributed by atoms with van der Waals surface area (Å²) in [6, 6.07) is 0. The Bertz CT molecular complexity index is 1060. The minimum absolute atomic E-state index is 0.0324. The summed E-state index contributed by atoms with van der Waals surface area (Å²) in [5, 5.41) is 0. The molecular formula is C52H103NO8P+. The van der Waals surface area contributed by atoms with Gasteiger partial charge in [-0.1, -0.05) is 219 Å². The normalized spacial score (nSPS) is 13.5. The summed E-state index contributed by atoms with van der Waals surface area (Å²) in [5.74, 6) is -0.801. The van der Waals surface area contributed by atoms with Crippen LogP contribution in [0.25, 0.3) is 0 Å². The lowest BCUT2D eigenvalue weighted by atomic mass is 10.0. The van der Waals surface area contributed by atoms with Crippen LogP contribution in [0, 0.1) is 0 Å². The van der Waals surface area contributed by atoms with E-state index in [-0.39, 0.29) is 25.6 Å². The van der Waals surface area contributed by atoms with Crippen molar-refractivity contribution in [2.75, 3.05) is 47.5 Å². The number of phosphoric acid groups is 1. The molecule has 10 heteroatoms. The Balaban J connectivity index is 4.16. The molecule has 0 saturated carbocycles. The molecule has 9 nitrogen and oxygen atoms in total. The van der Waals surface area contributed by atoms with Crippen LogP contribution in [0.1, 0.15) is 258 Å². The fraction of sp³-hybridized carbons (Fsp3) is 0.923. The first kappa shape index (κ1) is 60.8. The van der Waals surface area contributed by atoms with E-state index in [1.807, 2.05) is 21.1 Å². The zero-order valence-electron chi connectivity index (χ0n) is 41.6. The monoisotopic (exact) mass is 901 g/mol. The van der Waals surface area contributed by atoms with Gasteiger partial charge in [0, 0.05) is 12.8 Å². The maximum atomic E-state index is 12.7. The minimum Gasteiger partial charge on any atom is -0.462 e. The highest BCUT2D eigenvalue weighted by Crippen LogP contribution is 2.43. The van der Waals surface area contributed by atoms with Gasteiger partial charge in [0.25, 0.3) is 0 Å². The van der Waals surface area contributed by atoms with Gasteiger partial charge in [0.15, 0.2) is 6.10 Å². The van der Waals surface area contributed by atoms with Crippen LogP contribution in [0.15, 0.2) is 12.2 Å². The van der Waals surface area contributed by atoms with Gasteiger partial charge in [-0.05, 0) is 38.5 Å². The van der Waals surface area contributed by atoms with Crippen LogP contribution in [0.4, 0.5) is 0 Å². The molecule has 1 N–H and O–H groups in total. The first-order valence-corrected chi connectivity index (χ1v) is 27.9. The molecule has 62 heavy (non-hydrogen) atoms. The predicted molar refractivity (Wildman–Crippen MR) is 261 cm³/mol. The number of carbonyl (C=O) groups excluding carboxylic acids is 2. The highest BCUT2D eigenvalue weighted by atomic mass is 31.2. The molecule has 0 radical (unpaired) electrons. The van der Waals surface area contributed by atoms with Gasteiger partial charge in [0.05, 0.1) is 27.7 Å². The number of unbranched alkanes of at least 4 members (excludes halogenated alkanes) is 33. The molecule has 0 aromatic heterocycles. The van der Waals surface area contributed by atoms with Crippen LogP contribution in [-0.2, 0) is 32.7 Å². The lowest BCUT2D eigenvalue weighted by Gasteiger charge is -2.24. The zero-order valence-corrected chi connectivity index (χ0v) is 42.5. The van der Waals surface area contributed by atoms with Crippen LogP contribution in [0.5, 0.6) is 0 Å². The molecule has 1 unspecified atom stereocenters. The molecule has 2 atom stereocenters. The minimum atomic E-state index is -4.38. The van der Waals surface area contributed by atoms with Gasteiger partial charge in [0.2, 0.25) is 0 Å². The molecule has 0 aliphatic heterocycles. The molecule has 0 aliphatic carbocycles. The molecule has 0 amide bonds. The van der Waals surface area contributed by atoms with E-state index in [2.05, 4.69) is 26.0 Å². The molecule has 368 valence electrons. The molecule has 0 aromatic rings. The number of rotatable bonds is 49. The number of nitrogens with zero attached hydrogens (tertiary/aromatic N) is 1. The van der Waals surface area contributed by atoms with Crippen molar-refractivity contribution in [2.24, 2.45) is 0 Å². The van der Waals surface area contributed by atoms with E-state index in [0.717, 1.165) is 44.9 Å². The summed E-state index contributed by atoms with van der Waals surface area (Å²) in [5.41, 5.74) is 0. The van der Waals surface area contributed by atoms with Crippen LogP contribution in [0.2, 0.25) is 0 Å². The number of esters is 2. The Morgan fingerprint density at radius 1 is 0.484 bits per heavy atom. The van der Waals surface area contributed by atoms with E-state index in [1.54, 1.807) is 0 Å². The molecule has 0 spiro atoms. The zero-order chi connectivity index (χ0) is 45.7. The van der Waals surface area contributed by atoms with E-state index in [4.69, 9.17) is 18.5 Å².